The molecule has 0 spiro atoms. The molecule has 106 valence electrons. The molecule has 0 bridgehead atoms. The van der Waals surface area contributed by atoms with Gasteiger partial charge in [0, 0.05) is 26.2 Å². The van der Waals surface area contributed by atoms with Gasteiger partial charge in [-0.15, -0.1) is 0 Å². The van der Waals surface area contributed by atoms with Crippen molar-refractivity contribution in [3.05, 3.63) is 6.33 Å². The first kappa shape index (κ1) is 13.9. The van der Waals surface area contributed by atoms with Gasteiger partial charge in [0.1, 0.15) is 12.0 Å². The summed E-state index contributed by atoms with van der Waals surface area (Å²) in [5, 5.41) is 0. The summed E-state index contributed by atoms with van der Waals surface area (Å²) < 4.78 is 5.61. The van der Waals surface area contributed by atoms with Gasteiger partial charge < -0.3 is 20.3 Å². The molecule has 2 heterocycles. The van der Waals surface area contributed by atoms with Crippen molar-refractivity contribution in [2.24, 2.45) is 0 Å². The van der Waals surface area contributed by atoms with Crippen LogP contribution < -0.4 is 15.4 Å². The van der Waals surface area contributed by atoms with Gasteiger partial charge in [-0.3, -0.25) is 0 Å². The molecule has 2 N–H and O–H groups in total. The van der Waals surface area contributed by atoms with Gasteiger partial charge in [0.25, 0.3) is 0 Å². The van der Waals surface area contributed by atoms with Crippen LogP contribution in [0.5, 0.6) is 5.88 Å². The number of ether oxygens (including phenoxy) is 1. The van der Waals surface area contributed by atoms with Crippen molar-refractivity contribution in [3.63, 3.8) is 0 Å². The van der Waals surface area contributed by atoms with Crippen LogP contribution in [0.2, 0.25) is 0 Å². The number of aromatic nitrogens is 2. The molecule has 0 radical (unpaired) electrons. The second kappa shape index (κ2) is 6.06. The fourth-order valence-corrected chi connectivity index (χ4v) is 2.22. The molecule has 1 aromatic rings. The molecule has 0 amide bonds. The Hall–Kier alpha value is -1.56. The third kappa shape index (κ3) is 3.26. The molecule has 0 aromatic carbocycles. The van der Waals surface area contributed by atoms with Crippen LogP contribution in [0.3, 0.4) is 0 Å². The van der Waals surface area contributed by atoms with E-state index in [1.165, 1.54) is 6.33 Å². The van der Waals surface area contributed by atoms with E-state index >= 15 is 0 Å². The monoisotopic (exact) mass is 265 g/mol. The highest BCUT2D eigenvalue weighted by Crippen LogP contribution is 2.29. The number of anilines is 2. The van der Waals surface area contributed by atoms with Gasteiger partial charge in [-0.1, -0.05) is 6.92 Å². The second-order valence-corrected chi connectivity index (χ2v) is 5.00. The lowest BCUT2D eigenvalue weighted by Crippen LogP contribution is -2.46. The predicted octanol–water partition coefficient (Wildman–Crippen LogP) is 0.988. The molecule has 6 heteroatoms. The smallest absolute Gasteiger partial charge is 0.242 e. The van der Waals surface area contributed by atoms with Crippen molar-refractivity contribution in [3.8, 4) is 5.88 Å². The first-order valence-electron chi connectivity index (χ1n) is 6.86. The molecule has 1 aromatic heterocycles. The standard InChI is InChI=1S/C13H23N5O/c1-4-17-5-7-18(8-6-17)12-11(14)13(16-9-15-12)19-10(2)3/h9-10H,4-8,14H2,1-3H3. The fraction of sp³-hybridized carbons (Fsp3) is 0.692. The maximum atomic E-state index is 6.12. The Morgan fingerprint density at radius 2 is 1.95 bits per heavy atom. The third-order valence-corrected chi connectivity index (χ3v) is 3.29. The third-order valence-electron chi connectivity index (χ3n) is 3.29. The zero-order valence-electron chi connectivity index (χ0n) is 12.0. The quantitative estimate of drug-likeness (QED) is 0.875. The number of piperazine rings is 1. The minimum Gasteiger partial charge on any atom is -0.473 e. The van der Waals surface area contributed by atoms with Crippen molar-refractivity contribution >= 4 is 11.5 Å². The Morgan fingerprint density at radius 3 is 2.53 bits per heavy atom. The van der Waals surface area contributed by atoms with Gasteiger partial charge in [0.05, 0.1) is 6.10 Å². The Labute approximate surface area is 114 Å². The van der Waals surface area contributed by atoms with Crippen LogP contribution in [0.1, 0.15) is 20.8 Å². The number of nitrogens with two attached hydrogens (primary N) is 1. The minimum atomic E-state index is 0.0574. The number of likely N-dealkylation sites (N-methyl/N-ethyl adjacent to an activating group) is 1. The Bertz CT molecular complexity index is 415. The predicted molar refractivity (Wildman–Crippen MR) is 76.5 cm³/mol. The minimum absolute atomic E-state index is 0.0574. The van der Waals surface area contributed by atoms with Crippen molar-refractivity contribution < 1.29 is 4.74 Å². The average Bonchev–Trinajstić information content (AvgIpc) is 2.41. The fourth-order valence-electron chi connectivity index (χ4n) is 2.22. The lowest BCUT2D eigenvalue weighted by Gasteiger charge is -2.35. The van der Waals surface area contributed by atoms with Gasteiger partial charge in [0.15, 0.2) is 5.82 Å². The van der Waals surface area contributed by atoms with Crippen molar-refractivity contribution in [2.75, 3.05) is 43.4 Å². The van der Waals surface area contributed by atoms with Crippen LogP contribution >= 0.6 is 0 Å². The Kier molecular flexibility index (Phi) is 4.42. The number of hydrogen-bond acceptors (Lipinski definition) is 6. The SMILES string of the molecule is CCN1CCN(c2ncnc(OC(C)C)c2N)CC1. The van der Waals surface area contributed by atoms with E-state index in [1.807, 2.05) is 13.8 Å². The van der Waals surface area contributed by atoms with Crippen molar-refractivity contribution in [2.45, 2.75) is 26.9 Å². The van der Waals surface area contributed by atoms with Crippen LogP contribution in [0.15, 0.2) is 6.33 Å². The van der Waals surface area contributed by atoms with E-state index < -0.39 is 0 Å². The molecular weight excluding hydrogens is 242 g/mol. The lowest BCUT2D eigenvalue weighted by molar-refractivity contribution is 0.233. The Morgan fingerprint density at radius 1 is 1.26 bits per heavy atom. The molecule has 0 atom stereocenters. The summed E-state index contributed by atoms with van der Waals surface area (Å²) >= 11 is 0. The zero-order chi connectivity index (χ0) is 13.8. The van der Waals surface area contributed by atoms with Crippen LogP contribution in [-0.4, -0.2) is 53.7 Å². The molecular formula is C13H23N5O. The van der Waals surface area contributed by atoms with Gasteiger partial charge in [-0.25, -0.2) is 4.98 Å². The van der Waals surface area contributed by atoms with Gasteiger partial charge in [0.2, 0.25) is 5.88 Å². The highest BCUT2D eigenvalue weighted by Gasteiger charge is 2.21. The molecule has 0 unspecified atom stereocenters. The summed E-state index contributed by atoms with van der Waals surface area (Å²) in [7, 11) is 0. The highest BCUT2D eigenvalue weighted by molar-refractivity contribution is 5.67. The number of nitrogen functional groups attached to an aromatic ring is 1. The molecule has 1 aliphatic heterocycles. The summed E-state index contributed by atoms with van der Waals surface area (Å²) in [6.07, 6.45) is 1.58. The van der Waals surface area contributed by atoms with Crippen LogP contribution in [0, 0.1) is 0 Å². The van der Waals surface area contributed by atoms with E-state index in [9.17, 15) is 0 Å². The molecule has 1 fully saturated rings. The summed E-state index contributed by atoms with van der Waals surface area (Å²) in [6.45, 7) is 11.2. The van der Waals surface area contributed by atoms with Gasteiger partial charge in [-0.05, 0) is 20.4 Å². The first-order chi connectivity index (χ1) is 9.11. The van der Waals surface area contributed by atoms with E-state index in [2.05, 4.69) is 26.7 Å². The van der Waals surface area contributed by atoms with E-state index in [1.54, 1.807) is 0 Å². The van der Waals surface area contributed by atoms with Crippen LogP contribution in [0.25, 0.3) is 0 Å². The number of hydrogen-bond donors (Lipinski definition) is 1. The highest BCUT2D eigenvalue weighted by atomic mass is 16.5. The van der Waals surface area contributed by atoms with E-state index in [0.717, 1.165) is 38.5 Å². The molecule has 0 saturated carbocycles. The molecule has 1 aliphatic rings. The first-order valence-corrected chi connectivity index (χ1v) is 6.86. The maximum Gasteiger partial charge on any atom is 0.242 e. The molecule has 2 rings (SSSR count). The van der Waals surface area contributed by atoms with Crippen molar-refractivity contribution in [1.82, 2.24) is 14.9 Å². The van der Waals surface area contributed by atoms with Gasteiger partial charge >= 0.3 is 0 Å². The van der Waals surface area contributed by atoms with Crippen LogP contribution in [-0.2, 0) is 0 Å². The second-order valence-electron chi connectivity index (χ2n) is 5.00. The molecule has 19 heavy (non-hydrogen) atoms. The van der Waals surface area contributed by atoms with Crippen molar-refractivity contribution in [1.29, 1.82) is 0 Å². The van der Waals surface area contributed by atoms with E-state index in [0.29, 0.717) is 11.6 Å². The Balaban J connectivity index is 2.12. The molecule has 0 aliphatic carbocycles. The average molecular weight is 265 g/mol. The molecule has 1 saturated heterocycles. The van der Waals surface area contributed by atoms with Crippen LogP contribution in [0.4, 0.5) is 11.5 Å². The summed E-state index contributed by atoms with van der Waals surface area (Å²) in [5.74, 6) is 1.28. The van der Waals surface area contributed by atoms with Gasteiger partial charge in [-0.2, -0.15) is 4.98 Å². The lowest BCUT2D eigenvalue weighted by atomic mass is 10.3. The largest absolute Gasteiger partial charge is 0.473 e. The van der Waals surface area contributed by atoms with E-state index in [-0.39, 0.29) is 6.10 Å². The number of rotatable bonds is 4. The van der Waals surface area contributed by atoms with E-state index in [4.69, 9.17) is 10.5 Å². The summed E-state index contributed by atoms with van der Waals surface area (Å²) in [6, 6.07) is 0. The number of nitrogens with zero attached hydrogens (tertiary/aromatic N) is 4. The maximum absolute atomic E-state index is 6.12. The summed E-state index contributed by atoms with van der Waals surface area (Å²) in [5.41, 5.74) is 6.67. The zero-order valence-corrected chi connectivity index (χ0v) is 12.0. The summed E-state index contributed by atoms with van der Waals surface area (Å²) in [4.78, 5) is 13.0. The topological polar surface area (TPSA) is 67.5 Å². The normalized spacial score (nSPS) is 16.9. The molecule has 6 nitrogen and oxygen atoms in total.